The molecule has 16 heteroatoms. The number of nitrogens with zero attached hydrogens (tertiary/aromatic N) is 1. The van der Waals surface area contributed by atoms with Gasteiger partial charge in [-0.25, -0.2) is 0 Å². The van der Waals surface area contributed by atoms with Crippen molar-refractivity contribution in [1.82, 2.24) is 0 Å². The third-order valence-electron chi connectivity index (χ3n) is 12.2. The number of primary amides is 1. The Balaban J connectivity index is 1.20. The van der Waals surface area contributed by atoms with Gasteiger partial charge in [0.15, 0.2) is 24.2 Å². The largest absolute Gasteiger partial charge is 0.547 e. The van der Waals surface area contributed by atoms with Crippen molar-refractivity contribution in [1.29, 1.82) is 0 Å². The number of rotatable bonds is 7. The highest BCUT2D eigenvalue weighted by molar-refractivity contribution is 8.76. The topological polar surface area (TPSA) is 234 Å². The molecular weight excluding hydrogens is 703 g/mol. The maximum absolute atomic E-state index is 12.7. The van der Waals surface area contributed by atoms with Crippen molar-refractivity contribution >= 4 is 39.7 Å². The summed E-state index contributed by atoms with van der Waals surface area (Å²) in [6.07, 6.45) is -1.69. The van der Waals surface area contributed by atoms with Crippen molar-refractivity contribution in [2.75, 3.05) is 24.8 Å². The molecule has 13 atom stereocenters. The lowest BCUT2D eigenvalue weighted by molar-refractivity contribution is -0.681. The number of carbonyl (C=O) groups excluding carboxylic acids is 2. The summed E-state index contributed by atoms with van der Waals surface area (Å²) in [6.45, 7) is 6.76. The smallest absolute Gasteiger partial charge is 0.297 e. The summed E-state index contributed by atoms with van der Waals surface area (Å²) in [6, 6.07) is 0. The number of hydrogen-bond donors (Lipinski definition) is 6. The zero-order valence-corrected chi connectivity index (χ0v) is 30.9. The van der Waals surface area contributed by atoms with Crippen LogP contribution >= 0.6 is 21.6 Å². The van der Waals surface area contributed by atoms with Gasteiger partial charge in [-0.05, 0) is 50.4 Å². The molecule has 0 bridgehead atoms. The van der Waals surface area contributed by atoms with Crippen LogP contribution in [0, 0.1) is 42.1 Å². The second kappa shape index (κ2) is 16.9. The highest BCUT2D eigenvalue weighted by Crippen LogP contribution is 2.46. The van der Waals surface area contributed by atoms with Crippen LogP contribution < -0.4 is 16.2 Å². The molecule has 286 valence electrons. The normalized spacial score (nSPS) is 45.4. The van der Waals surface area contributed by atoms with Gasteiger partial charge in [-0.1, -0.05) is 35.4 Å². The van der Waals surface area contributed by atoms with E-state index in [1.807, 2.05) is 17.6 Å². The molecule has 0 spiro atoms. The van der Waals surface area contributed by atoms with Crippen LogP contribution in [0.2, 0.25) is 0 Å². The van der Waals surface area contributed by atoms with Crippen molar-refractivity contribution in [2.24, 2.45) is 46.2 Å². The van der Waals surface area contributed by atoms with E-state index in [1.165, 1.54) is 10.8 Å². The number of ether oxygens (including phenoxy) is 4. The third-order valence-corrected chi connectivity index (χ3v) is 14.3. The first-order chi connectivity index (χ1) is 24.4. The van der Waals surface area contributed by atoms with Crippen LogP contribution in [0.4, 0.5) is 0 Å². The van der Waals surface area contributed by atoms with Gasteiger partial charge in [-0.15, -0.1) is 4.99 Å². The molecule has 14 nitrogen and oxygen atoms in total. The molecule has 1 amide bonds. The molecule has 3 saturated heterocycles. The van der Waals surface area contributed by atoms with Gasteiger partial charge in [0.2, 0.25) is 6.10 Å². The summed E-state index contributed by atoms with van der Waals surface area (Å²) in [5.41, 5.74) is 5.05. The lowest BCUT2D eigenvalue weighted by atomic mass is 9.66. The van der Waals surface area contributed by atoms with E-state index in [4.69, 9.17) is 24.7 Å². The number of aliphatic imine (C=N–C) groups is 1. The van der Waals surface area contributed by atoms with Gasteiger partial charge in [-0.3, -0.25) is 4.79 Å². The van der Waals surface area contributed by atoms with E-state index in [2.05, 4.69) is 18.8 Å². The number of aliphatic hydroxyl groups is 6. The fourth-order valence-corrected chi connectivity index (χ4v) is 11.5. The summed E-state index contributed by atoms with van der Waals surface area (Å²) in [7, 11) is 3.04. The second-order valence-corrected chi connectivity index (χ2v) is 18.0. The van der Waals surface area contributed by atoms with E-state index in [0.29, 0.717) is 57.4 Å². The number of aliphatic hydroxyl groups excluding tert-OH is 3. The predicted molar refractivity (Wildman–Crippen MR) is 187 cm³/mol. The lowest BCUT2D eigenvalue weighted by Gasteiger charge is -2.51. The number of carbonyl (C=O) groups is 2. The monoisotopic (exact) mass is 757 g/mol. The molecule has 51 heavy (non-hydrogen) atoms. The summed E-state index contributed by atoms with van der Waals surface area (Å²) in [5, 5.41) is 59.5. The van der Waals surface area contributed by atoms with Crippen molar-refractivity contribution < 1.29 is 59.4 Å². The number of nitrogens with two attached hydrogens (primary N) is 2. The molecule has 0 aromatic carbocycles. The zero-order chi connectivity index (χ0) is 36.4. The molecule has 4 aliphatic heterocycles. The molecule has 6 aliphatic rings. The first kappa shape index (κ1) is 39.3. The number of fused-ring (bicyclic) bond motifs is 2. The number of quaternary nitrogens is 1. The van der Waals surface area contributed by atoms with E-state index in [9.17, 15) is 35.1 Å². The Kier molecular flexibility index (Phi) is 13.0. The Hall–Kier alpha value is -1.44. The standard InChI is InChI=1S/C35H53N3O11S2/c1-17(2)23-13-38-15-35(45)31(46-16-51-50-14-24(23)19-9-10-37-12-19)28(41)30(33(43)44)49-34(35)47-21-7-8-22-25(11-21)48-29(32(36)42)26(27(22)40)18-3-5-20(39)6-4-18/h9-10,12,17-18,20-31,34,38-41,45H,3-8,11,13-16H2,1-2H3,(H2-,36,42,43,44)/p+2/t18?,20?,21?,22?,23-,24+,25?,26?,27?,28+,29?,30-,31-,34+,35-/m0/s1. The summed E-state index contributed by atoms with van der Waals surface area (Å²) < 4.78 is 23.3. The molecule has 5 fully saturated rings. The van der Waals surface area contributed by atoms with E-state index < -0.39 is 72.4 Å². The van der Waals surface area contributed by atoms with E-state index >= 15 is 0 Å². The fourth-order valence-electron chi connectivity index (χ4n) is 9.44. The maximum atomic E-state index is 12.7. The highest BCUT2D eigenvalue weighted by Gasteiger charge is 2.61. The average molecular weight is 758 g/mol. The third kappa shape index (κ3) is 8.46. The van der Waals surface area contributed by atoms with Crippen molar-refractivity contribution in [3.05, 3.63) is 18.2 Å². The van der Waals surface area contributed by atoms with Gasteiger partial charge < -0.3 is 60.3 Å². The SMILES string of the molecule is CC(C)[C@@H]1C[NH2+]C[C@@]2(O)[C@H](OC3CCC4C(C3)[OH+]C(C(N)=O)C(C3CCC(O)CC3)C4O)O[C@H](C(=O)[O-])[C@@H](O)[C@@H]2OCSSC[C@@H]1C1=C[CH+]N=C1. The zero-order valence-electron chi connectivity index (χ0n) is 29.3. The molecule has 4 heterocycles. The number of hydrogen-bond acceptors (Lipinski definition) is 13. The van der Waals surface area contributed by atoms with Gasteiger partial charge >= 0.3 is 0 Å². The molecule has 2 aliphatic carbocycles. The Morgan fingerprint density at radius 1 is 1.16 bits per heavy atom. The molecule has 2 saturated carbocycles. The van der Waals surface area contributed by atoms with E-state index in [-0.39, 0.29) is 42.3 Å². The summed E-state index contributed by atoms with van der Waals surface area (Å²) >= 11 is 0. The highest BCUT2D eigenvalue weighted by atomic mass is 33.1. The van der Waals surface area contributed by atoms with E-state index in [0.717, 1.165) is 11.3 Å². The quantitative estimate of drug-likeness (QED) is 0.0979. The lowest BCUT2D eigenvalue weighted by Crippen LogP contribution is -2.93. The molecule has 9 N–H and O–H groups in total. The van der Waals surface area contributed by atoms with Gasteiger partial charge in [0.05, 0.1) is 54.7 Å². The number of allylic oxidation sites excluding steroid dienone is 1. The second-order valence-electron chi connectivity index (χ2n) is 15.6. The summed E-state index contributed by atoms with van der Waals surface area (Å²) in [4.78, 5) is 29.2. The molecule has 6 unspecified atom stereocenters. The first-order valence-corrected chi connectivity index (χ1v) is 20.9. The van der Waals surface area contributed by atoms with Gasteiger partial charge in [0.25, 0.3) is 5.91 Å². The Labute approximate surface area is 307 Å². The molecule has 0 aromatic heterocycles. The van der Waals surface area contributed by atoms with Crippen LogP contribution in [0.5, 0.6) is 0 Å². The van der Waals surface area contributed by atoms with Crippen LogP contribution in [0.25, 0.3) is 0 Å². The predicted octanol–water partition coefficient (Wildman–Crippen LogP) is -1.61. The number of carboxylic acid groups (broad SMARTS) is 1. The van der Waals surface area contributed by atoms with Crippen LogP contribution in [-0.2, 0) is 23.8 Å². The van der Waals surface area contributed by atoms with Gasteiger partial charge in [0, 0.05) is 18.1 Å². The average Bonchev–Trinajstić information content (AvgIpc) is 3.62. The number of amides is 1. The molecule has 6 rings (SSSR count). The maximum Gasteiger partial charge on any atom is 0.297 e. The van der Waals surface area contributed by atoms with Crippen LogP contribution in [-0.4, -0.2) is 129 Å². The Bertz CT molecular complexity index is 1290. The van der Waals surface area contributed by atoms with Crippen LogP contribution in [0.15, 0.2) is 16.6 Å². The van der Waals surface area contributed by atoms with Gasteiger partial charge in [0.1, 0.15) is 42.9 Å². The number of aliphatic carboxylic acids is 1. The minimum atomic E-state index is -1.96. The van der Waals surface area contributed by atoms with Crippen molar-refractivity contribution in [3.63, 3.8) is 0 Å². The molecule has 0 aromatic rings. The minimum absolute atomic E-state index is 0.00441. The van der Waals surface area contributed by atoms with E-state index in [1.54, 1.807) is 17.3 Å². The van der Waals surface area contributed by atoms with Crippen molar-refractivity contribution in [3.8, 4) is 0 Å². The molecule has 0 radical (unpaired) electrons. The first-order valence-electron chi connectivity index (χ1n) is 18.4. The summed E-state index contributed by atoms with van der Waals surface area (Å²) in [5.74, 6) is -1.29. The van der Waals surface area contributed by atoms with Gasteiger partial charge in [-0.2, -0.15) is 0 Å². The fraction of sp³-hybridized carbons (Fsp3) is 0.829. The van der Waals surface area contributed by atoms with Crippen LogP contribution in [0.1, 0.15) is 58.8 Å². The number of carboxylic acids is 1. The van der Waals surface area contributed by atoms with Crippen molar-refractivity contribution in [2.45, 2.75) is 120 Å². The molecular formula is C35H55N3O11S2+2. The Morgan fingerprint density at radius 3 is 2.59 bits per heavy atom. The Morgan fingerprint density at radius 2 is 1.92 bits per heavy atom. The minimum Gasteiger partial charge on any atom is -0.547 e. The van der Waals surface area contributed by atoms with Crippen LogP contribution in [0.3, 0.4) is 0 Å².